The number of ether oxygens (including phenoxy) is 1. The Hall–Kier alpha value is -2.65. The summed E-state index contributed by atoms with van der Waals surface area (Å²) in [7, 11) is -3.92. The van der Waals surface area contributed by atoms with Gasteiger partial charge in [0.1, 0.15) is 5.69 Å². The van der Waals surface area contributed by atoms with Crippen LogP contribution < -0.4 is 10.0 Å². The molecule has 0 saturated carbocycles. The van der Waals surface area contributed by atoms with E-state index in [9.17, 15) is 18.5 Å². The van der Waals surface area contributed by atoms with Crippen molar-refractivity contribution in [2.75, 3.05) is 23.2 Å². The maximum atomic E-state index is 12.5. The summed E-state index contributed by atoms with van der Waals surface area (Å²) < 4.78 is 32.8. The summed E-state index contributed by atoms with van der Waals surface area (Å²) in [5.41, 5.74) is 0.360. The largest absolute Gasteiger partial charge is 0.377 e. The van der Waals surface area contributed by atoms with Crippen LogP contribution in [0.2, 0.25) is 0 Å². The number of nitrogens with one attached hydrogen (secondary N) is 2. The van der Waals surface area contributed by atoms with Gasteiger partial charge in [-0.15, -0.1) is 0 Å². The lowest BCUT2D eigenvalue weighted by Gasteiger charge is -2.13. The summed E-state index contributed by atoms with van der Waals surface area (Å²) in [6.45, 7) is 1.13. The van der Waals surface area contributed by atoms with Crippen LogP contribution in [-0.2, 0) is 14.8 Å². The highest BCUT2D eigenvalue weighted by molar-refractivity contribution is 7.92. The van der Waals surface area contributed by atoms with Gasteiger partial charge in [-0.3, -0.25) is 14.8 Å². The highest BCUT2D eigenvalue weighted by atomic mass is 32.2. The summed E-state index contributed by atoms with van der Waals surface area (Å²) in [4.78, 5) is 10.6. The zero-order chi connectivity index (χ0) is 18.6. The number of nitrogens with zero attached hydrogens (tertiary/aromatic N) is 1. The average molecular weight is 377 g/mol. The number of sulfonamides is 1. The van der Waals surface area contributed by atoms with Crippen molar-refractivity contribution in [3.8, 4) is 0 Å². The number of nitro groups is 1. The van der Waals surface area contributed by atoms with Gasteiger partial charge in [-0.05, 0) is 37.1 Å². The SMILES string of the molecule is O=[N+]([O-])c1cc(S(=O)(=O)Nc2ccccc2)ccc1NC[C@H]1CCCO1. The molecule has 0 radical (unpaired) electrons. The fraction of sp³-hybridized carbons (Fsp3) is 0.294. The molecule has 8 nitrogen and oxygen atoms in total. The number of rotatable bonds is 7. The second-order valence-corrected chi connectivity index (χ2v) is 7.61. The van der Waals surface area contributed by atoms with E-state index in [1.54, 1.807) is 30.3 Å². The lowest BCUT2D eigenvalue weighted by Crippen LogP contribution is -2.19. The Bertz CT molecular complexity index is 881. The fourth-order valence-electron chi connectivity index (χ4n) is 2.73. The van der Waals surface area contributed by atoms with Crippen LogP contribution in [0, 0.1) is 10.1 Å². The first-order chi connectivity index (χ1) is 12.5. The molecule has 9 heteroatoms. The Labute approximate surface area is 151 Å². The smallest absolute Gasteiger partial charge is 0.293 e. The maximum Gasteiger partial charge on any atom is 0.293 e. The van der Waals surface area contributed by atoms with E-state index < -0.39 is 14.9 Å². The van der Waals surface area contributed by atoms with Crippen LogP contribution in [0.3, 0.4) is 0 Å². The predicted molar refractivity (Wildman–Crippen MR) is 97.8 cm³/mol. The van der Waals surface area contributed by atoms with Crippen molar-refractivity contribution in [3.63, 3.8) is 0 Å². The van der Waals surface area contributed by atoms with Crippen molar-refractivity contribution in [2.45, 2.75) is 23.8 Å². The van der Waals surface area contributed by atoms with E-state index in [1.165, 1.54) is 12.1 Å². The van der Waals surface area contributed by atoms with Crippen molar-refractivity contribution >= 4 is 27.1 Å². The first kappa shape index (κ1) is 18.2. The monoisotopic (exact) mass is 377 g/mol. The molecule has 2 aromatic rings. The van der Waals surface area contributed by atoms with Crippen molar-refractivity contribution in [1.82, 2.24) is 0 Å². The number of para-hydroxylation sites is 1. The van der Waals surface area contributed by atoms with E-state index in [0.717, 1.165) is 18.9 Å². The van der Waals surface area contributed by atoms with Crippen molar-refractivity contribution < 1.29 is 18.1 Å². The molecule has 0 amide bonds. The Balaban J connectivity index is 1.81. The molecule has 0 bridgehead atoms. The van der Waals surface area contributed by atoms with Gasteiger partial charge in [-0.1, -0.05) is 18.2 Å². The minimum absolute atomic E-state index is 0.0118. The molecule has 26 heavy (non-hydrogen) atoms. The van der Waals surface area contributed by atoms with Crippen LogP contribution >= 0.6 is 0 Å². The average Bonchev–Trinajstić information content (AvgIpc) is 3.13. The highest BCUT2D eigenvalue weighted by Crippen LogP contribution is 2.29. The molecule has 1 saturated heterocycles. The molecule has 1 aliphatic heterocycles. The van der Waals surface area contributed by atoms with Gasteiger partial charge in [0.05, 0.1) is 15.9 Å². The molecule has 0 unspecified atom stereocenters. The second kappa shape index (κ2) is 7.71. The van der Waals surface area contributed by atoms with Crippen LogP contribution in [-0.4, -0.2) is 32.6 Å². The molecular weight excluding hydrogens is 358 g/mol. The molecule has 1 aliphatic rings. The predicted octanol–water partition coefficient (Wildman–Crippen LogP) is 2.99. The van der Waals surface area contributed by atoms with Gasteiger partial charge in [0.15, 0.2) is 0 Å². The fourth-order valence-corrected chi connectivity index (χ4v) is 3.81. The van der Waals surface area contributed by atoms with Gasteiger partial charge in [0, 0.05) is 24.9 Å². The lowest BCUT2D eigenvalue weighted by atomic mass is 10.2. The first-order valence-electron chi connectivity index (χ1n) is 8.17. The minimum Gasteiger partial charge on any atom is -0.377 e. The summed E-state index contributed by atoms with van der Waals surface area (Å²) in [6.07, 6.45) is 1.88. The third-order valence-electron chi connectivity index (χ3n) is 4.05. The molecule has 3 rings (SSSR count). The van der Waals surface area contributed by atoms with Crippen LogP contribution in [0.1, 0.15) is 12.8 Å². The standard InChI is InChI=1S/C17H19N3O5S/c21-20(22)17-11-15(26(23,24)19-13-5-2-1-3-6-13)8-9-16(17)18-12-14-7-4-10-25-14/h1-3,5-6,8-9,11,14,18-19H,4,7,10,12H2/t14-/m1/s1. The van der Waals surface area contributed by atoms with Gasteiger partial charge in [0.25, 0.3) is 15.7 Å². The van der Waals surface area contributed by atoms with Gasteiger partial charge in [-0.2, -0.15) is 0 Å². The maximum absolute atomic E-state index is 12.5. The third-order valence-corrected chi connectivity index (χ3v) is 5.43. The van der Waals surface area contributed by atoms with Gasteiger partial charge < -0.3 is 10.1 Å². The number of nitro benzene ring substituents is 1. The van der Waals surface area contributed by atoms with E-state index in [2.05, 4.69) is 10.0 Å². The molecule has 1 heterocycles. The summed E-state index contributed by atoms with van der Waals surface area (Å²) in [5.74, 6) is 0. The quantitative estimate of drug-likeness (QED) is 0.567. The Morgan fingerprint density at radius 1 is 1.19 bits per heavy atom. The molecular formula is C17H19N3O5S. The third kappa shape index (κ3) is 4.30. The van der Waals surface area contributed by atoms with E-state index in [1.807, 2.05) is 0 Å². The first-order valence-corrected chi connectivity index (χ1v) is 9.66. The van der Waals surface area contributed by atoms with E-state index >= 15 is 0 Å². The summed E-state index contributed by atoms with van der Waals surface area (Å²) >= 11 is 0. The Morgan fingerprint density at radius 2 is 1.96 bits per heavy atom. The Kier molecular flexibility index (Phi) is 5.38. The lowest BCUT2D eigenvalue weighted by molar-refractivity contribution is -0.384. The molecule has 0 aliphatic carbocycles. The van der Waals surface area contributed by atoms with Crippen LogP contribution in [0.25, 0.3) is 0 Å². The number of benzene rings is 2. The van der Waals surface area contributed by atoms with E-state index in [-0.39, 0.29) is 22.4 Å². The van der Waals surface area contributed by atoms with Crippen molar-refractivity contribution in [3.05, 3.63) is 58.6 Å². The Morgan fingerprint density at radius 3 is 2.62 bits per heavy atom. The van der Waals surface area contributed by atoms with Gasteiger partial charge >= 0.3 is 0 Å². The van der Waals surface area contributed by atoms with Crippen LogP contribution in [0.4, 0.5) is 17.1 Å². The van der Waals surface area contributed by atoms with E-state index in [4.69, 9.17) is 4.74 Å². The number of anilines is 2. The van der Waals surface area contributed by atoms with Crippen molar-refractivity contribution in [2.24, 2.45) is 0 Å². The van der Waals surface area contributed by atoms with Crippen LogP contribution in [0.15, 0.2) is 53.4 Å². The molecule has 0 aromatic heterocycles. The van der Waals surface area contributed by atoms with Crippen LogP contribution in [0.5, 0.6) is 0 Å². The molecule has 2 aromatic carbocycles. The zero-order valence-electron chi connectivity index (χ0n) is 13.9. The van der Waals surface area contributed by atoms with Gasteiger partial charge in [0.2, 0.25) is 0 Å². The summed E-state index contributed by atoms with van der Waals surface area (Å²) in [6, 6.07) is 12.2. The normalized spacial score (nSPS) is 17.0. The highest BCUT2D eigenvalue weighted by Gasteiger charge is 2.23. The molecule has 1 fully saturated rings. The van der Waals surface area contributed by atoms with E-state index in [0.29, 0.717) is 18.8 Å². The summed E-state index contributed by atoms with van der Waals surface area (Å²) in [5, 5.41) is 14.4. The topological polar surface area (TPSA) is 111 Å². The van der Waals surface area contributed by atoms with Gasteiger partial charge in [-0.25, -0.2) is 8.42 Å². The number of hydrogen-bond acceptors (Lipinski definition) is 6. The molecule has 1 atom stereocenters. The van der Waals surface area contributed by atoms with Crippen molar-refractivity contribution in [1.29, 1.82) is 0 Å². The minimum atomic E-state index is -3.92. The second-order valence-electron chi connectivity index (χ2n) is 5.92. The number of hydrogen-bond donors (Lipinski definition) is 2. The molecule has 2 N–H and O–H groups in total. The molecule has 138 valence electrons. The molecule has 0 spiro atoms. The zero-order valence-corrected chi connectivity index (χ0v) is 14.7.